The zero-order chi connectivity index (χ0) is 29.4. The number of hydrogen-bond acceptors (Lipinski definition) is 9. The third kappa shape index (κ3) is 5.84. The molecule has 2 N–H and O–H groups in total. The Balaban J connectivity index is 1.76. The van der Waals surface area contributed by atoms with Gasteiger partial charge < -0.3 is 23.9 Å². The number of imidazole rings is 2. The molecular formula is C24H33N7O7S2. The largest absolute Gasteiger partial charge is 0.486 e. The summed E-state index contributed by atoms with van der Waals surface area (Å²) >= 11 is 0. The number of nitrogens with one attached hydrogen (secondary N) is 1. The lowest BCUT2D eigenvalue weighted by atomic mass is 9.99. The van der Waals surface area contributed by atoms with Crippen molar-refractivity contribution in [1.29, 1.82) is 0 Å². The first-order chi connectivity index (χ1) is 18.7. The van der Waals surface area contributed by atoms with Crippen LogP contribution in [0.4, 0.5) is 5.69 Å². The molecule has 218 valence electrons. The number of aromatic nitrogens is 4. The fourth-order valence-electron chi connectivity index (χ4n) is 4.30. The van der Waals surface area contributed by atoms with Gasteiger partial charge in [-0.25, -0.2) is 18.4 Å². The van der Waals surface area contributed by atoms with Crippen molar-refractivity contribution in [1.82, 2.24) is 28.3 Å². The summed E-state index contributed by atoms with van der Waals surface area (Å²) in [5.74, 6) is -0.939. The zero-order valence-electron chi connectivity index (χ0n) is 22.8. The summed E-state index contributed by atoms with van der Waals surface area (Å²) in [6, 6.07) is 3.89. The molecule has 0 spiro atoms. The molecule has 0 radical (unpaired) electrons. The summed E-state index contributed by atoms with van der Waals surface area (Å²) in [7, 11) is -3.45. The highest BCUT2D eigenvalue weighted by Gasteiger charge is 2.37. The average molecular weight is 596 g/mol. The van der Waals surface area contributed by atoms with Crippen LogP contribution < -0.4 is 9.46 Å². The predicted octanol–water partition coefficient (Wildman–Crippen LogP) is 0.495. The van der Waals surface area contributed by atoms with Gasteiger partial charge in [0.05, 0.1) is 43.1 Å². The van der Waals surface area contributed by atoms with Crippen molar-refractivity contribution in [2.24, 2.45) is 20.0 Å². The Morgan fingerprint density at radius 3 is 2.33 bits per heavy atom. The Bertz CT molecular complexity index is 1600. The number of anilines is 1. The van der Waals surface area contributed by atoms with E-state index in [1.807, 2.05) is 0 Å². The van der Waals surface area contributed by atoms with Gasteiger partial charge >= 0.3 is 0 Å². The van der Waals surface area contributed by atoms with Crippen molar-refractivity contribution >= 4 is 31.6 Å². The van der Waals surface area contributed by atoms with Crippen molar-refractivity contribution in [3.8, 4) is 5.75 Å². The van der Waals surface area contributed by atoms with Crippen LogP contribution >= 0.6 is 0 Å². The molecule has 3 aromatic rings. The molecule has 1 aliphatic rings. The molecule has 4 rings (SSSR count). The maximum absolute atomic E-state index is 13.6. The predicted molar refractivity (Wildman–Crippen MR) is 145 cm³/mol. The minimum atomic E-state index is -4.15. The smallest absolute Gasteiger partial charge is 0.281 e. The molecule has 1 amide bonds. The van der Waals surface area contributed by atoms with Gasteiger partial charge in [-0.1, -0.05) is 13.0 Å². The third-order valence-corrected chi connectivity index (χ3v) is 9.64. The van der Waals surface area contributed by atoms with Gasteiger partial charge in [-0.3, -0.25) is 9.52 Å². The normalized spacial score (nSPS) is 19.1. The first-order valence-corrected chi connectivity index (χ1v) is 15.3. The van der Waals surface area contributed by atoms with Crippen molar-refractivity contribution in [2.45, 2.75) is 36.0 Å². The van der Waals surface area contributed by atoms with Crippen molar-refractivity contribution in [3.63, 3.8) is 0 Å². The molecule has 3 atom stereocenters. The van der Waals surface area contributed by atoms with Gasteiger partial charge in [0.1, 0.15) is 6.10 Å². The number of likely N-dealkylation sites (N-methyl/N-ethyl adjacent to an activating group) is 1. The molecular weight excluding hydrogens is 562 g/mol. The van der Waals surface area contributed by atoms with Gasteiger partial charge in [-0.15, -0.1) is 0 Å². The quantitative estimate of drug-likeness (QED) is 0.358. The van der Waals surface area contributed by atoms with Crippen LogP contribution in [-0.4, -0.2) is 95.0 Å². The minimum absolute atomic E-state index is 0.0116. The monoisotopic (exact) mass is 595 g/mol. The molecule has 40 heavy (non-hydrogen) atoms. The number of nitrogens with zero attached hydrogens (tertiary/aromatic N) is 6. The zero-order valence-corrected chi connectivity index (χ0v) is 24.4. The fourth-order valence-corrected chi connectivity index (χ4v) is 6.49. The van der Waals surface area contributed by atoms with E-state index in [0.29, 0.717) is 0 Å². The van der Waals surface area contributed by atoms with Crippen LogP contribution in [-0.2, 0) is 34.1 Å². The van der Waals surface area contributed by atoms with Gasteiger partial charge in [0.25, 0.3) is 26.0 Å². The van der Waals surface area contributed by atoms with E-state index < -0.39 is 44.0 Å². The molecule has 1 aromatic carbocycles. The van der Waals surface area contributed by atoms with E-state index >= 15 is 0 Å². The Labute approximate surface area is 233 Å². The fraction of sp³-hybridized carbons (Fsp3) is 0.458. The first kappa shape index (κ1) is 29.5. The molecule has 14 nitrogen and oxygen atoms in total. The Kier molecular flexibility index (Phi) is 8.26. The van der Waals surface area contributed by atoms with Crippen LogP contribution in [0.2, 0.25) is 0 Å². The van der Waals surface area contributed by atoms with Crippen LogP contribution in [0.3, 0.4) is 0 Å². The second kappa shape index (κ2) is 11.2. The Morgan fingerprint density at radius 1 is 1.12 bits per heavy atom. The number of fused-ring (bicyclic) bond motifs is 1. The molecule has 2 aromatic heterocycles. The highest BCUT2D eigenvalue weighted by atomic mass is 32.2. The number of ether oxygens (including phenoxy) is 1. The highest BCUT2D eigenvalue weighted by Crippen LogP contribution is 2.36. The number of hydrogen-bond donors (Lipinski definition) is 2. The summed E-state index contributed by atoms with van der Waals surface area (Å²) in [6.07, 6.45) is 4.62. The van der Waals surface area contributed by atoms with E-state index in [1.54, 1.807) is 27.9 Å². The lowest BCUT2D eigenvalue weighted by Gasteiger charge is -2.38. The van der Waals surface area contributed by atoms with Crippen molar-refractivity contribution in [3.05, 3.63) is 48.8 Å². The number of aliphatic hydroxyl groups is 1. The Morgan fingerprint density at radius 2 is 1.75 bits per heavy atom. The second-order valence-electron chi connectivity index (χ2n) is 9.95. The average Bonchev–Trinajstić information content (AvgIpc) is 3.54. The third-order valence-electron chi connectivity index (χ3n) is 6.68. The van der Waals surface area contributed by atoms with Gasteiger partial charge in [-0.05, 0) is 19.1 Å². The molecule has 0 fully saturated rings. The number of sulfonamides is 2. The Hall–Kier alpha value is -3.47. The highest BCUT2D eigenvalue weighted by molar-refractivity contribution is 7.92. The number of carbonyl (C=O) groups is 1. The maximum Gasteiger partial charge on any atom is 0.281 e. The molecule has 1 aliphatic heterocycles. The standard InChI is InChI=1S/C24H33N7O7S2/c1-16-9-31(17(2)13-32)24(33)18-7-6-8-19(27-39(34,35)21-11-28(3)14-25-21)23(18)38-20(16)10-30(5)40(36,37)22-12-29(4)15-26-22/h6-8,11-12,14-17,20,27,32H,9-10,13H2,1-5H3/t16-,17-,20-/m0/s1. The summed E-state index contributed by atoms with van der Waals surface area (Å²) in [5.41, 5.74) is 0.0519. The van der Waals surface area contributed by atoms with Crippen LogP contribution in [0, 0.1) is 5.92 Å². The number of amides is 1. The number of rotatable bonds is 9. The number of carbonyl (C=O) groups excluding carboxylic acids is 1. The molecule has 0 saturated heterocycles. The van der Waals surface area contributed by atoms with Gasteiger partial charge in [0.2, 0.25) is 0 Å². The number of aliphatic hydroxyl groups excluding tert-OH is 1. The molecule has 0 unspecified atom stereocenters. The summed E-state index contributed by atoms with van der Waals surface area (Å²) in [6.45, 7) is 3.21. The second-order valence-corrected chi connectivity index (χ2v) is 13.6. The van der Waals surface area contributed by atoms with E-state index in [4.69, 9.17) is 4.74 Å². The van der Waals surface area contributed by atoms with Crippen LogP contribution in [0.15, 0.2) is 53.3 Å². The van der Waals surface area contributed by atoms with Crippen LogP contribution in [0.25, 0.3) is 0 Å². The molecule has 3 heterocycles. The lowest BCUT2D eigenvalue weighted by Crippen LogP contribution is -2.50. The molecule has 0 aliphatic carbocycles. The van der Waals surface area contributed by atoms with E-state index in [0.717, 1.165) is 4.31 Å². The van der Waals surface area contributed by atoms with E-state index in [1.165, 1.54) is 64.3 Å². The number of para-hydroxylation sites is 1. The minimum Gasteiger partial charge on any atom is -0.486 e. The summed E-state index contributed by atoms with van der Waals surface area (Å²) in [5, 5.41) is 9.50. The molecule has 0 bridgehead atoms. The number of benzene rings is 1. The SMILES string of the molecule is C[C@H]1CN([C@@H](C)CO)C(=O)c2cccc(NS(=O)(=O)c3cn(C)cn3)c2O[C@H]1CN(C)S(=O)(=O)c1cn(C)cn1. The van der Waals surface area contributed by atoms with Crippen molar-refractivity contribution < 1.29 is 31.5 Å². The summed E-state index contributed by atoms with van der Waals surface area (Å²) < 4.78 is 65.5. The van der Waals surface area contributed by atoms with E-state index in [9.17, 15) is 26.7 Å². The van der Waals surface area contributed by atoms with Gasteiger partial charge in [0.15, 0.2) is 15.8 Å². The van der Waals surface area contributed by atoms with Gasteiger partial charge in [-0.2, -0.15) is 12.7 Å². The topological polar surface area (TPSA) is 169 Å². The maximum atomic E-state index is 13.6. The van der Waals surface area contributed by atoms with E-state index in [-0.39, 0.29) is 46.7 Å². The lowest BCUT2D eigenvalue weighted by molar-refractivity contribution is 0.0389. The van der Waals surface area contributed by atoms with Crippen LogP contribution in [0.5, 0.6) is 5.75 Å². The molecule has 16 heteroatoms. The number of aryl methyl sites for hydroxylation is 2. The van der Waals surface area contributed by atoms with Crippen LogP contribution in [0.1, 0.15) is 24.2 Å². The summed E-state index contributed by atoms with van der Waals surface area (Å²) in [4.78, 5) is 23.0. The van der Waals surface area contributed by atoms with E-state index in [2.05, 4.69) is 14.7 Å². The van der Waals surface area contributed by atoms with Crippen molar-refractivity contribution in [2.75, 3.05) is 31.5 Å². The first-order valence-electron chi connectivity index (χ1n) is 12.4. The molecule has 0 saturated carbocycles. The van der Waals surface area contributed by atoms with Gasteiger partial charge in [0, 0.05) is 46.0 Å².